The van der Waals surface area contributed by atoms with Gasteiger partial charge in [-0.3, -0.25) is 14.3 Å². The Hall–Kier alpha value is -3.57. The van der Waals surface area contributed by atoms with Crippen molar-refractivity contribution in [2.24, 2.45) is 5.73 Å². The molecule has 2 aliphatic rings. The largest absolute Gasteiger partial charge is 0.573 e. The van der Waals surface area contributed by atoms with Crippen LogP contribution in [-0.2, 0) is 25.5 Å². The Morgan fingerprint density at radius 2 is 1.70 bits per heavy atom. The normalized spacial score (nSPS) is 27.1. The summed E-state index contributed by atoms with van der Waals surface area (Å²) in [6, 6.07) is 6.30. The van der Waals surface area contributed by atoms with Gasteiger partial charge in [-0.25, -0.2) is 9.59 Å². The molecular formula is C25H30F6N4O11. The van der Waals surface area contributed by atoms with Gasteiger partial charge in [0.25, 0.3) is 5.56 Å². The third-order valence-electron chi connectivity index (χ3n) is 6.59. The number of aromatic amines is 1. The second-order valence-corrected chi connectivity index (χ2v) is 9.95. The fourth-order valence-electron chi connectivity index (χ4n) is 4.43. The SMILES string of the molecule is NC[C@H]1O[C@@H](O[C@@H](CNCc2ccc(OC(F)(F)F)cc2)[C@@H]2C[C@@H](O)[C@H](n3ccc(=O)[nH]c3=O)O2)[C@H](O)[C@@H]1O.O=C(O)C(F)(F)F. The molecule has 1 aromatic carbocycles. The van der Waals surface area contributed by atoms with E-state index in [1.165, 1.54) is 30.5 Å². The highest BCUT2D eigenvalue weighted by Gasteiger charge is 2.47. The van der Waals surface area contributed by atoms with Crippen LogP contribution in [-0.4, -0.2) is 104 Å². The fourth-order valence-corrected chi connectivity index (χ4v) is 4.43. The Morgan fingerprint density at radius 1 is 1.07 bits per heavy atom. The second kappa shape index (κ2) is 15.3. The first-order chi connectivity index (χ1) is 21.4. The first kappa shape index (κ1) is 36.9. The molecule has 0 saturated carbocycles. The molecule has 2 saturated heterocycles. The van der Waals surface area contributed by atoms with E-state index in [0.717, 1.165) is 10.6 Å². The number of rotatable bonds is 10. The van der Waals surface area contributed by atoms with E-state index in [1.807, 2.05) is 0 Å². The molecule has 46 heavy (non-hydrogen) atoms. The summed E-state index contributed by atoms with van der Waals surface area (Å²) in [5.41, 5.74) is 4.77. The number of aliphatic hydroxyl groups excluding tert-OH is 3. The molecule has 0 aliphatic carbocycles. The van der Waals surface area contributed by atoms with Gasteiger partial charge in [-0.05, 0) is 17.7 Å². The monoisotopic (exact) mass is 676 g/mol. The molecule has 2 fully saturated rings. The van der Waals surface area contributed by atoms with Gasteiger partial charge in [0.05, 0.1) is 12.2 Å². The third-order valence-corrected chi connectivity index (χ3v) is 6.59. The Balaban J connectivity index is 0.000000738. The third kappa shape index (κ3) is 10.2. The lowest BCUT2D eigenvalue weighted by Crippen LogP contribution is -2.44. The van der Waals surface area contributed by atoms with Crippen LogP contribution >= 0.6 is 0 Å². The zero-order valence-corrected chi connectivity index (χ0v) is 23.4. The maximum atomic E-state index is 12.4. The topological polar surface area (TPSA) is 228 Å². The summed E-state index contributed by atoms with van der Waals surface area (Å²) < 4.78 is 91.1. The Labute approximate surface area is 254 Å². The van der Waals surface area contributed by atoms with Gasteiger partial charge in [0.15, 0.2) is 12.5 Å². The van der Waals surface area contributed by atoms with Gasteiger partial charge >= 0.3 is 24.2 Å². The average Bonchev–Trinajstić information content (AvgIpc) is 3.46. The number of nitrogens with one attached hydrogen (secondary N) is 2. The molecule has 21 heteroatoms. The summed E-state index contributed by atoms with van der Waals surface area (Å²) in [5, 5.41) is 41.3. The number of hydrogen-bond acceptors (Lipinski definition) is 12. The Morgan fingerprint density at radius 3 is 2.22 bits per heavy atom. The van der Waals surface area contributed by atoms with Crippen LogP contribution in [0.3, 0.4) is 0 Å². The number of aromatic nitrogens is 2. The second-order valence-electron chi connectivity index (χ2n) is 9.95. The van der Waals surface area contributed by atoms with E-state index in [9.17, 15) is 51.3 Å². The Bertz CT molecular complexity index is 1400. The Kier molecular flexibility index (Phi) is 12.3. The quantitative estimate of drug-likeness (QED) is 0.155. The number of carboxylic acids is 1. The number of benzene rings is 1. The maximum absolute atomic E-state index is 12.4. The molecule has 3 heterocycles. The molecule has 1 aromatic heterocycles. The van der Waals surface area contributed by atoms with Crippen molar-refractivity contribution in [3.05, 3.63) is 62.9 Å². The van der Waals surface area contributed by atoms with Crippen LogP contribution in [0.1, 0.15) is 18.2 Å². The van der Waals surface area contributed by atoms with Gasteiger partial charge in [-0.1, -0.05) is 12.1 Å². The highest BCUT2D eigenvalue weighted by atomic mass is 19.4. The van der Waals surface area contributed by atoms with Gasteiger partial charge in [0.1, 0.15) is 30.2 Å². The number of hydrogen-bond donors (Lipinski definition) is 7. The summed E-state index contributed by atoms with van der Waals surface area (Å²) in [6.45, 7) is 0.151. The van der Waals surface area contributed by atoms with Gasteiger partial charge < -0.3 is 50.4 Å². The number of H-pyrrole nitrogens is 1. The lowest BCUT2D eigenvalue weighted by molar-refractivity contribution is -0.274. The van der Waals surface area contributed by atoms with Gasteiger partial charge in [-0.15, -0.1) is 13.2 Å². The minimum Gasteiger partial charge on any atom is -0.475 e. The summed E-state index contributed by atoms with van der Waals surface area (Å²) in [5.74, 6) is -3.13. The molecule has 4 rings (SSSR count). The first-order valence-corrected chi connectivity index (χ1v) is 13.3. The van der Waals surface area contributed by atoms with Crippen molar-refractivity contribution in [3.63, 3.8) is 0 Å². The highest BCUT2D eigenvalue weighted by molar-refractivity contribution is 5.73. The molecule has 2 aliphatic heterocycles. The van der Waals surface area contributed by atoms with Crippen molar-refractivity contribution >= 4 is 5.97 Å². The zero-order valence-electron chi connectivity index (χ0n) is 23.4. The van der Waals surface area contributed by atoms with Gasteiger partial charge in [-0.2, -0.15) is 13.2 Å². The van der Waals surface area contributed by atoms with E-state index in [4.69, 9.17) is 29.8 Å². The van der Waals surface area contributed by atoms with Crippen LogP contribution in [0.4, 0.5) is 26.3 Å². The summed E-state index contributed by atoms with van der Waals surface area (Å²) in [4.78, 5) is 34.6. The summed E-state index contributed by atoms with van der Waals surface area (Å²) in [6.07, 6.45) is -17.7. The molecule has 0 spiro atoms. The number of carboxylic acid groups (broad SMARTS) is 1. The van der Waals surface area contributed by atoms with Gasteiger partial charge in [0, 0.05) is 38.3 Å². The molecular weight excluding hydrogens is 646 g/mol. The number of alkyl halides is 6. The first-order valence-electron chi connectivity index (χ1n) is 13.3. The van der Waals surface area contributed by atoms with Crippen molar-refractivity contribution in [1.82, 2.24) is 14.9 Å². The number of aliphatic hydroxyl groups is 3. The molecule has 2 aromatic rings. The van der Waals surface area contributed by atoms with Crippen molar-refractivity contribution in [2.45, 2.75) is 74.6 Å². The van der Waals surface area contributed by atoms with E-state index in [-0.39, 0.29) is 31.8 Å². The van der Waals surface area contributed by atoms with E-state index < -0.39 is 78.9 Å². The van der Waals surface area contributed by atoms with E-state index in [1.54, 1.807) is 0 Å². The van der Waals surface area contributed by atoms with Crippen molar-refractivity contribution < 1.29 is 70.5 Å². The molecule has 0 radical (unpaired) electrons. The fraction of sp³-hybridized carbons (Fsp3) is 0.560. The van der Waals surface area contributed by atoms with Crippen LogP contribution in [0.2, 0.25) is 0 Å². The average molecular weight is 677 g/mol. The van der Waals surface area contributed by atoms with Crippen LogP contribution in [0.15, 0.2) is 46.1 Å². The number of carbonyl (C=O) groups is 1. The molecule has 8 N–H and O–H groups in total. The van der Waals surface area contributed by atoms with Crippen molar-refractivity contribution in [2.75, 3.05) is 13.1 Å². The predicted molar refractivity (Wildman–Crippen MR) is 139 cm³/mol. The standard InChI is InChI=1S/C23H29F3N4O9.C2HF3O2/c24-23(25,26)39-12-3-1-11(2-4-12)9-28-10-16(38-21-19(34)18(33)15(8-27)37-21)14-7-13(31)20(36-14)30-6-5-17(32)29-22(30)35;3-2(4,5)1(6)7/h1-6,13-16,18-21,28,31,33-34H,7-10,27H2,(H,29,32,35);(H,6,7)/t13-,14+,15-,16+,18-,19-,20-,21+;/m1./s1. The minimum atomic E-state index is -5.08. The van der Waals surface area contributed by atoms with Crippen LogP contribution in [0.25, 0.3) is 0 Å². The summed E-state index contributed by atoms with van der Waals surface area (Å²) >= 11 is 0. The molecule has 0 unspecified atom stereocenters. The smallest absolute Gasteiger partial charge is 0.475 e. The molecule has 0 bridgehead atoms. The minimum absolute atomic E-state index is 0.00224. The van der Waals surface area contributed by atoms with E-state index >= 15 is 0 Å². The van der Waals surface area contributed by atoms with Crippen LogP contribution in [0.5, 0.6) is 5.75 Å². The number of halogens is 6. The van der Waals surface area contributed by atoms with Gasteiger partial charge in [0.2, 0.25) is 0 Å². The van der Waals surface area contributed by atoms with Crippen LogP contribution in [0, 0.1) is 0 Å². The number of nitrogens with zero attached hydrogens (tertiary/aromatic N) is 1. The molecule has 0 amide bonds. The number of ether oxygens (including phenoxy) is 4. The number of nitrogens with two attached hydrogens (primary N) is 1. The lowest BCUT2D eigenvalue weighted by Gasteiger charge is -2.28. The highest BCUT2D eigenvalue weighted by Crippen LogP contribution is 2.32. The maximum Gasteiger partial charge on any atom is 0.573 e. The molecule has 8 atom stereocenters. The van der Waals surface area contributed by atoms with Crippen molar-refractivity contribution in [3.8, 4) is 5.75 Å². The lowest BCUT2D eigenvalue weighted by atomic mass is 10.1. The molecule has 15 nitrogen and oxygen atoms in total. The predicted octanol–water partition coefficient (Wildman–Crippen LogP) is -0.703. The van der Waals surface area contributed by atoms with Crippen molar-refractivity contribution in [1.29, 1.82) is 0 Å². The summed E-state index contributed by atoms with van der Waals surface area (Å²) in [7, 11) is 0. The zero-order chi connectivity index (χ0) is 34.4. The number of aliphatic carboxylic acids is 1. The van der Waals surface area contributed by atoms with Crippen LogP contribution < -0.4 is 27.0 Å². The molecule has 258 valence electrons. The van der Waals surface area contributed by atoms with E-state index in [2.05, 4.69) is 15.0 Å². The van der Waals surface area contributed by atoms with E-state index in [0.29, 0.717) is 5.56 Å².